The highest BCUT2D eigenvalue weighted by Gasteiger charge is 2.26. The van der Waals surface area contributed by atoms with Crippen LogP contribution in [0.5, 0.6) is 0 Å². The minimum Gasteiger partial charge on any atom is -0.352 e. The van der Waals surface area contributed by atoms with Gasteiger partial charge in [0.2, 0.25) is 9.84 Å². The predicted molar refractivity (Wildman–Crippen MR) is 66.9 cm³/mol. The fraction of sp³-hybridized carbons (Fsp3) is 0.417. The number of rotatable bonds is 6. The Morgan fingerprint density at radius 3 is 2.32 bits per heavy atom. The van der Waals surface area contributed by atoms with Gasteiger partial charge in [-0.1, -0.05) is 13.3 Å². The quantitative estimate of drug-likeness (QED) is 0.817. The molecule has 0 atom stereocenters. The van der Waals surface area contributed by atoms with E-state index in [1.54, 1.807) is 0 Å². The zero-order valence-electron chi connectivity index (χ0n) is 10.4. The first kappa shape index (κ1) is 15.6. The molecule has 1 amide bonds. The Morgan fingerprint density at radius 1 is 1.26 bits per heavy atom. The van der Waals surface area contributed by atoms with Crippen LogP contribution in [0.2, 0.25) is 0 Å². The first-order chi connectivity index (χ1) is 8.89. The molecule has 0 aliphatic carbocycles. The molecule has 0 radical (unpaired) electrons. The van der Waals surface area contributed by atoms with Crippen molar-refractivity contribution in [2.75, 3.05) is 6.54 Å². The lowest BCUT2D eigenvalue weighted by molar-refractivity contribution is 0.0953. The number of halogens is 2. The average Bonchev–Trinajstić information content (AvgIpc) is 2.39. The molecule has 1 N–H and O–H groups in total. The van der Waals surface area contributed by atoms with Gasteiger partial charge in [-0.15, -0.1) is 0 Å². The Balaban J connectivity index is 2.80. The van der Waals surface area contributed by atoms with Crippen molar-refractivity contribution in [3.05, 3.63) is 29.8 Å². The number of amides is 1. The fourth-order valence-electron chi connectivity index (χ4n) is 1.38. The van der Waals surface area contributed by atoms with E-state index in [-0.39, 0.29) is 11.5 Å². The van der Waals surface area contributed by atoms with E-state index in [1.165, 1.54) is 12.1 Å². The molecule has 7 heteroatoms. The van der Waals surface area contributed by atoms with E-state index in [9.17, 15) is 22.0 Å². The van der Waals surface area contributed by atoms with Crippen molar-refractivity contribution in [2.45, 2.75) is 30.4 Å². The van der Waals surface area contributed by atoms with Gasteiger partial charge in [0.05, 0.1) is 4.90 Å². The highest BCUT2D eigenvalue weighted by Crippen LogP contribution is 2.18. The van der Waals surface area contributed by atoms with Gasteiger partial charge in [-0.2, -0.15) is 8.78 Å². The topological polar surface area (TPSA) is 63.2 Å². The third-order valence-electron chi connectivity index (χ3n) is 2.50. The number of nitrogens with one attached hydrogen (secondary N) is 1. The van der Waals surface area contributed by atoms with Gasteiger partial charge in [-0.25, -0.2) is 8.42 Å². The Hall–Kier alpha value is -1.50. The van der Waals surface area contributed by atoms with Gasteiger partial charge in [0.15, 0.2) is 0 Å². The Bertz CT molecular complexity index is 526. The number of sulfone groups is 1. The molecule has 1 rings (SSSR count). The second-order valence-corrected chi connectivity index (χ2v) is 5.86. The van der Waals surface area contributed by atoms with E-state index >= 15 is 0 Å². The SMILES string of the molecule is CCCCNC(=O)c1ccc(S(=O)(=O)C(F)F)cc1. The van der Waals surface area contributed by atoms with E-state index in [4.69, 9.17) is 0 Å². The van der Waals surface area contributed by atoms with Crippen molar-refractivity contribution in [3.8, 4) is 0 Å². The van der Waals surface area contributed by atoms with Crippen molar-refractivity contribution in [1.82, 2.24) is 5.32 Å². The number of hydrogen-bond acceptors (Lipinski definition) is 3. The number of alkyl halides is 2. The number of carbonyl (C=O) groups is 1. The first-order valence-corrected chi connectivity index (χ1v) is 7.34. The third-order valence-corrected chi connectivity index (χ3v) is 3.89. The number of hydrogen-bond donors (Lipinski definition) is 1. The summed E-state index contributed by atoms with van der Waals surface area (Å²) in [5, 5.41) is 2.64. The van der Waals surface area contributed by atoms with Gasteiger partial charge in [0.1, 0.15) is 0 Å². The summed E-state index contributed by atoms with van der Waals surface area (Å²) in [6.07, 6.45) is 1.77. The van der Waals surface area contributed by atoms with Crippen molar-refractivity contribution in [1.29, 1.82) is 0 Å². The molecule has 0 saturated carbocycles. The summed E-state index contributed by atoms with van der Waals surface area (Å²) in [6.45, 7) is 2.50. The molecule has 0 unspecified atom stereocenters. The first-order valence-electron chi connectivity index (χ1n) is 5.80. The summed E-state index contributed by atoms with van der Waals surface area (Å²) in [5.74, 6) is -3.81. The summed E-state index contributed by atoms with van der Waals surface area (Å²) in [7, 11) is -4.61. The maximum atomic E-state index is 12.3. The largest absolute Gasteiger partial charge is 0.352 e. The van der Waals surface area contributed by atoms with Gasteiger partial charge < -0.3 is 5.32 Å². The highest BCUT2D eigenvalue weighted by atomic mass is 32.2. The summed E-state index contributed by atoms with van der Waals surface area (Å²) < 4.78 is 46.9. The summed E-state index contributed by atoms with van der Waals surface area (Å²) in [4.78, 5) is 11.1. The molecule has 0 spiro atoms. The zero-order valence-corrected chi connectivity index (χ0v) is 11.2. The Morgan fingerprint density at radius 2 is 1.84 bits per heavy atom. The standard InChI is InChI=1S/C12H15F2NO3S/c1-2-3-8-15-11(16)9-4-6-10(7-5-9)19(17,18)12(13)14/h4-7,12H,2-3,8H2,1H3,(H,15,16). The number of unbranched alkanes of at least 4 members (excludes halogenated alkanes) is 1. The van der Waals surface area contributed by atoms with Gasteiger partial charge in [0.25, 0.3) is 5.91 Å². The molecule has 1 aromatic carbocycles. The van der Waals surface area contributed by atoms with Crippen LogP contribution >= 0.6 is 0 Å². The van der Waals surface area contributed by atoms with Crippen LogP contribution in [0.25, 0.3) is 0 Å². The molecule has 0 aliphatic heterocycles. The maximum Gasteiger partial charge on any atom is 0.341 e. The molecule has 0 aliphatic rings. The summed E-state index contributed by atoms with van der Waals surface area (Å²) >= 11 is 0. The monoisotopic (exact) mass is 291 g/mol. The summed E-state index contributed by atoms with van der Waals surface area (Å²) in [6, 6.07) is 4.46. The minimum atomic E-state index is -4.61. The van der Waals surface area contributed by atoms with E-state index in [1.807, 2.05) is 6.92 Å². The van der Waals surface area contributed by atoms with Crippen molar-refractivity contribution >= 4 is 15.7 Å². The molecular weight excluding hydrogens is 276 g/mol. The lowest BCUT2D eigenvalue weighted by Crippen LogP contribution is -2.24. The van der Waals surface area contributed by atoms with Crippen molar-refractivity contribution in [2.24, 2.45) is 0 Å². The zero-order chi connectivity index (χ0) is 14.5. The van der Waals surface area contributed by atoms with Crippen LogP contribution in [0, 0.1) is 0 Å². The van der Waals surface area contributed by atoms with Crippen LogP contribution in [0.4, 0.5) is 8.78 Å². The van der Waals surface area contributed by atoms with Crippen LogP contribution in [0.3, 0.4) is 0 Å². The van der Waals surface area contributed by atoms with Crippen LogP contribution in [-0.4, -0.2) is 26.6 Å². The maximum absolute atomic E-state index is 12.3. The van der Waals surface area contributed by atoms with Crippen LogP contribution in [0.15, 0.2) is 29.2 Å². The molecule has 0 saturated heterocycles. The lowest BCUT2D eigenvalue weighted by Gasteiger charge is -2.06. The van der Waals surface area contributed by atoms with Gasteiger partial charge in [0, 0.05) is 12.1 Å². The normalized spacial score (nSPS) is 11.6. The molecule has 1 aromatic rings. The minimum absolute atomic E-state index is 0.240. The average molecular weight is 291 g/mol. The molecule has 0 bridgehead atoms. The second kappa shape index (κ2) is 6.60. The molecule has 4 nitrogen and oxygen atoms in total. The number of benzene rings is 1. The molecule has 0 aromatic heterocycles. The van der Waals surface area contributed by atoms with Crippen LogP contribution in [0.1, 0.15) is 30.1 Å². The summed E-state index contributed by atoms with van der Waals surface area (Å²) in [5.41, 5.74) is 0.240. The molecule has 0 fully saturated rings. The van der Waals surface area contributed by atoms with Crippen molar-refractivity contribution in [3.63, 3.8) is 0 Å². The predicted octanol–water partition coefficient (Wildman–Crippen LogP) is 2.21. The van der Waals surface area contributed by atoms with E-state index in [0.717, 1.165) is 25.0 Å². The molecule has 106 valence electrons. The molecular formula is C12H15F2NO3S. The Kier molecular flexibility index (Phi) is 5.41. The molecule has 0 heterocycles. The van der Waals surface area contributed by atoms with Crippen LogP contribution < -0.4 is 5.32 Å². The lowest BCUT2D eigenvalue weighted by atomic mass is 10.2. The Labute approximate surface area is 110 Å². The van der Waals surface area contributed by atoms with E-state index in [2.05, 4.69) is 5.32 Å². The molecule has 19 heavy (non-hydrogen) atoms. The second-order valence-electron chi connectivity index (χ2n) is 3.94. The number of carbonyl (C=O) groups excluding carboxylic acids is 1. The van der Waals surface area contributed by atoms with E-state index < -0.39 is 20.5 Å². The van der Waals surface area contributed by atoms with Gasteiger partial charge >= 0.3 is 5.76 Å². The fourth-order valence-corrected chi connectivity index (χ4v) is 2.10. The third kappa shape index (κ3) is 3.99. The smallest absolute Gasteiger partial charge is 0.341 e. The van der Waals surface area contributed by atoms with Crippen molar-refractivity contribution < 1.29 is 22.0 Å². The van der Waals surface area contributed by atoms with E-state index in [0.29, 0.717) is 6.54 Å². The highest BCUT2D eigenvalue weighted by molar-refractivity contribution is 7.91. The van der Waals surface area contributed by atoms with Gasteiger partial charge in [-0.3, -0.25) is 4.79 Å². The van der Waals surface area contributed by atoms with Gasteiger partial charge in [-0.05, 0) is 30.7 Å². The van der Waals surface area contributed by atoms with Crippen LogP contribution in [-0.2, 0) is 9.84 Å².